The number of benzene rings is 2. The van der Waals surface area contributed by atoms with Gasteiger partial charge in [-0.1, -0.05) is 12.1 Å². The number of aliphatic hydroxyl groups excluding tert-OH is 3. The lowest BCUT2D eigenvalue weighted by Crippen LogP contribution is -2.59. The van der Waals surface area contributed by atoms with Crippen LogP contribution >= 0.6 is 0 Å². The molecular formula is C23H26O11. The van der Waals surface area contributed by atoms with Gasteiger partial charge in [-0.15, -0.1) is 0 Å². The van der Waals surface area contributed by atoms with E-state index in [1.54, 1.807) is 6.07 Å². The second kappa shape index (κ2) is 11.2. The van der Waals surface area contributed by atoms with Crippen molar-refractivity contribution < 1.29 is 54.8 Å². The Balaban J connectivity index is 1.52. The molecule has 5 atom stereocenters. The molecule has 34 heavy (non-hydrogen) atoms. The maximum absolute atomic E-state index is 12.0. The highest BCUT2D eigenvalue weighted by Gasteiger charge is 2.44. The van der Waals surface area contributed by atoms with Crippen LogP contribution in [0.2, 0.25) is 0 Å². The molecular weight excluding hydrogens is 452 g/mol. The van der Waals surface area contributed by atoms with Crippen LogP contribution in [0.3, 0.4) is 0 Å². The van der Waals surface area contributed by atoms with E-state index in [9.17, 15) is 40.5 Å². The largest absolute Gasteiger partial charge is 0.504 e. The molecule has 0 aliphatic carbocycles. The van der Waals surface area contributed by atoms with Crippen molar-refractivity contribution in [3.63, 3.8) is 0 Å². The van der Waals surface area contributed by atoms with Crippen molar-refractivity contribution in [2.75, 3.05) is 13.2 Å². The third-order valence-electron chi connectivity index (χ3n) is 5.18. The molecule has 7 N–H and O–H groups in total. The van der Waals surface area contributed by atoms with Crippen molar-refractivity contribution in [1.29, 1.82) is 0 Å². The lowest BCUT2D eigenvalue weighted by Gasteiger charge is -2.39. The molecule has 0 saturated carbocycles. The molecule has 0 spiro atoms. The maximum Gasteiger partial charge on any atom is 0.330 e. The van der Waals surface area contributed by atoms with Crippen molar-refractivity contribution >= 4 is 12.0 Å². The quantitative estimate of drug-likeness (QED) is 0.155. The number of aliphatic hydroxyl groups is 3. The van der Waals surface area contributed by atoms with Crippen LogP contribution in [0.1, 0.15) is 11.1 Å². The highest BCUT2D eigenvalue weighted by atomic mass is 16.7. The predicted molar refractivity (Wildman–Crippen MR) is 116 cm³/mol. The van der Waals surface area contributed by atoms with Crippen molar-refractivity contribution in [2.24, 2.45) is 0 Å². The van der Waals surface area contributed by atoms with Crippen LogP contribution in [0.15, 0.2) is 42.5 Å². The highest BCUT2D eigenvalue weighted by molar-refractivity contribution is 5.87. The van der Waals surface area contributed by atoms with Crippen LogP contribution in [-0.2, 0) is 25.4 Å². The summed E-state index contributed by atoms with van der Waals surface area (Å²) < 4.78 is 16.0. The van der Waals surface area contributed by atoms with E-state index in [2.05, 4.69) is 0 Å². The van der Waals surface area contributed by atoms with E-state index >= 15 is 0 Å². The molecule has 2 aromatic rings. The van der Waals surface area contributed by atoms with Gasteiger partial charge >= 0.3 is 5.97 Å². The minimum atomic E-state index is -1.62. The summed E-state index contributed by atoms with van der Waals surface area (Å²) in [5.41, 5.74) is 1.07. The first-order valence-electron chi connectivity index (χ1n) is 10.3. The molecule has 1 aliphatic rings. The van der Waals surface area contributed by atoms with Crippen LogP contribution in [0.25, 0.3) is 6.08 Å². The van der Waals surface area contributed by atoms with E-state index in [4.69, 9.17) is 14.2 Å². The van der Waals surface area contributed by atoms with E-state index in [1.165, 1.54) is 36.4 Å². The maximum atomic E-state index is 12.0. The van der Waals surface area contributed by atoms with Crippen LogP contribution in [0.5, 0.6) is 23.0 Å². The summed E-state index contributed by atoms with van der Waals surface area (Å²) in [7, 11) is 0. The minimum absolute atomic E-state index is 0.0173. The minimum Gasteiger partial charge on any atom is -0.504 e. The van der Waals surface area contributed by atoms with Gasteiger partial charge in [0.05, 0.1) is 6.61 Å². The Morgan fingerprint density at radius 2 is 1.56 bits per heavy atom. The second-order valence-electron chi connectivity index (χ2n) is 7.67. The summed E-state index contributed by atoms with van der Waals surface area (Å²) in [6.07, 6.45) is -4.53. The monoisotopic (exact) mass is 478 g/mol. The van der Waals surface area contributed by atoms with Crippen molar-refractivity contribution in [2.45, 2.75) is 37.1 Å². The number of aromatic hydroxyl groups is 4. The zero-order valence-corrected chi connectivity index (χ0v) is 17.9. The van der Waals surface area contributed by atoms with Gasteiger partial charge in [-0.25, -0.2) is 4.79 Å². The van der Waals surface area contributed by atoms with Crippen molar-refractivity contribution in [1.82, 2.24) is 0 Å². The van der Waals surface area contributed by atoms with E-state index in [0.717, 1.165) is 6.08 Å². The number of hydrogen-bond acceptors (Lipinski definition) is 11. The second-order valence-corrected chi connectivity index (χ2v) is 7.67. The molecule has 1 saturated heterocycles. The standard InChI is InChI=1S/C23H26O11/c24-14-4-1-12(9-16(14)26)3-6-19(28)33-11-18-20(29)21(30)22(31)23(34-18)32-8-7-13-2-5-15(25)17(27)10-13/h1-6,9-10,18,20-27,29-31H,7-8,11H2/t18-,20-,21-,22-,23+/m1/s1. The number of carbonyl (C=O) groups is 1. The number of phenols is 4. The first-order valence-corrected chi connectivity index (χ1v) is 10.3. The molecule has 2 aromatic carbocycles. The lowest BCUT2D eigenvalue weighted by atomic mass is 9.99. The molecule has 11 nitrogen and oxygen atoms in total. The molecule has 1 aliphatic heterocycles. The number of rotatable bonds is 8. The number of carbonyl (C=O) groups excluding carboxylic acids is 1. The Labute approximate surface area is 194 Å². The van der Waals surface area contributed by atoms with Crippen LogP contribution in [0.4, 0.5) is 0 Å². The first-order chi connectivity index (χ1) is 16.2. The summed E-state index contributed by atoms with van der Waals surface area (Å²) in [5, 5.41) is 68.1. The van der Waals surface area contributed by atoms with Gasteiger partial charge in [0.1, 0.15) is 31.0 Å². The molecule has 0 amide bonds. The van der Waals surface area contributed by atoms with Gasteiger partial charge in [-0.3, -0.25) is 0 Å². The fourth-order valence-corrected chi connectivity index (χ4v) is 3.23. The van der Waals surface area contributed by atoms with Gasteiger partial charge in [0.25, 0.3) is 0 Å². The Bertz CT molecular complexity index is 1020. The molecule has 0 bridgehead atoms. The van der Waals surface area contributed by atoms with E-state index < -0.39 is 43.3 Å². The SMILES string of the molecule is O=C(C=Cc1ccc(O)c(O)c1)OC[C@H]1O[C@H](OCCc2ccc(O)c(O)c2)[C@H](O)[C@H](O)[C@@H]1O. The normalized spacial score (nSPS) is 24.9. The Morgan fingerprint density at radius 1 is 0.882 bits per heavy atom. The molecule has 0 radical (unpaired) electrons. The molecule has 1 heterocycles. The van der Waals surface area contributed by atoms with Crippen LogP contribution in [-0.4, -0.2) is 85.6 Å². The molecule has 0 aromatic heterocycles. The van der Waals surface area contributed by atoms with Crippen molar-refractivity contribution in [3.8, 4) is 23.0 Å². The first kappa shape index (κ1) is 25.3. The number of ether oxygens (including phenoxy) is 3. The zero-order chi connectivity index (χ0) is 24.8. The van der Waals surface area contributed by atoms with Gasteiger partial charge in [-0.05, 0) is 47.9 Å². The highest BCUT2D eigenvalue weighted by Crippen LogP contribution is 2.27. The lowest BCUT2D eigenvalue weighted by molar-refractivity contribution is -0.301. The van der Waals surface area contributed by atoms with E-state index in [1.807, 2.05) is 0 Å². The molecule has 11 heteroatoms. The third-order valence-corrected chi connectivity index (χ3v) is 5.18. The average Bonchev–Trinajstić information content (AvgIpc) is 2.81. The van der Waals surface area contributed by atoms with Gasteiger partial charge in [0.2, 0.25) is 0 Å². The third kappa shape index (κ3) is 6.37. The molecule has 3 rings (SSSR count). The van der Waals surface area contributed by atoms with Gasteiger partial charge in [0.15, 0.2) is 29.3 Å². The summed E-state index contributed by atoms with van der Waals surface area (Å²) in [4.78, 5) is 12.0. The Morgan fingerprint density at radius 3 is 2.24 bits per heavy atom. The fourth-order valence-electron chi connectivity index (χ4n) is 3.23. The Hall–Kier alpha value is -3.35. The summed E-state index contributed by atoms with van der Waals surface area (Å²) >= 11 is 0. The smallest absolute Gasteiger partial charge is 0.330 e. The number of phenolic OH excluding ortho intramolecular Hbond substituents is 4. The van der Waals surface area contributed by atoms with Gasteiger partial charge in [0, 0.05) is 6.08 Å². The fraction of sp³-hybridized carbons (Fsp3) is 0.348. The predicted octanol–water partition coefficient (Wildman–Crippen LogP) is 0.132. The number of esters is 1. The molecule has 0 unspecified atom stereocenters. The van der Waals surface area contributed by atoms with E-state index in [0.29, 0.717) is 11.1 Å². The summed E-state index contributed by atoms with van der Waals surface area (Å²) in [6.45, 7) is -0.426. The van der Waals surface area contributed by atoms with Gasteiger partial charge < -0.3 is 50.0 Å². The topological polar surface area (TPSA) is 186 Å². The van der Waals surface area contributed by atoms with Crippen LogP contribution in [0, 0.1) is 0 Å². The molecule has 1 fully saturated rings. The zero-order valence-electron chi connectivity index (χ0n) is 17.9. The number of hydrogen-bond donors (Lipinski definition) is 7. The summed E-state index contributed by atoms with van der Waals surface area (Å²) in [6, 6.07) is 8.21. The van der Waals surface area contributed by atoms with E-state index in [-0.39, 0.29) is 36.0 Å². The van der Waals surface area contributed by atoms with Gasteiger partial charge in [-0.2, -0.15) is 0 Å². The van der Waals surface area contributed by atoms with Crippen molar-refractivity contribution in [3.05, 3.63) is 53.6 Å². The van der Waals surface area contributed by atoms with Crippen LogP contribution < -0.4 is 0 Å². The Kier molecular flexibility index (Phi) is 8.31. The molecule has 184 valence electrons. The summed E-state index contributed by atoms with van der Waals surface area (Å²) in [5.74, 6) is -2.00. The average molecular weight is 478 g/mol.